The van der Waals surface area contributed by atoms with Gasteiger partial charge in [0.2, 0.25) is 0 Å². The summed E-state index contributed by atoms with van der Waals surface area (Å²) < 4.78 is 1.15. The number of carboxylic acids is 1. The molecule has 60 valence electrons. The molecule has 0 radical (unpaired) electrons. The molecule has 1 aromatic rings. The predicted octanol–water partition coefficient (Wildman–Crippen LogP) is -1.15. The maximum atomic E-state index is 10.1. The molecule has 0 saturated carbocycles. The Balaban J connectivity index is 2.65. The number of rotatable bonds is 3. The number of nitrogens with zero attached hydrogens (tertiary/aromatic N) is 3. The molecule has 0 bridgehead atoms. The lowest BCUT2D eigenvalue weighted by Gasteiger charge is -1.90. The first kappa shape index (κ1) is 7.67. The number of aromatic nitrogens is 3. The summed E-state index contributed by atoms with van der Waals surface area (Å²) in [6.45, 7) is -0.452. The van der Waals surface area contributed by atoms with Crippen LogP contribution in [0.4, 0.5) is 0 Å². The summed E-state index contributed by atoms with van der Waals surface area (Å²) in [6, 6.07) is 0. The highest BCUT2D eigenvalue weighted by Crippen LogP contribution is 1.91. The minimum atomic E-state index is -0.987. The van der Waals surface area contributed by atoms with Crippen LogP contribution < -0.4 is 0 Å². The largest absolute Gasteiger partial charge is 0.480 e. The summed E-state index contributed by atoms with van der Waals surface area (Å²) in [7, 11) is 0. The van der Waals surface area contributed by atoms with Gasteiger partial charge in [0, 0.05) is 0 Å². The monoisotopic (exact) mass is 157 g/mol. The van der Waals surface area contributed by atoms with Crippen LogP contribution >= 0.6 is 0 Å². The van der Waals surface area contributed by atoms with Gasteiger partial charge in [-0.25, -0.2) is 4.68 Å². The highest BCUT2D eigenvalue weighted by molar-refractivity contribution is 5.66. The van der Waals surface area contributed by atoms with Gasteiger partial charge in [0.1, 0.15) is 12.2 Å². The van der Waals surface area contributed by atoms with Gasteiger partial charge in [-0.3, -0.25) is 4.79 Å². The molecule has 0 aliphatic rings. The van der Waals surface area contributed by atoms with Crippen molar-refractivity contribution in [2.24, 2.45) is 0 Å². The molecule has 0 unspecified atom stereocenters. The number of carboxylic acid groups (broad SMARTS) is 1. The first-order chi connectivity index (χ1) is 5.22. The van der Waals surface area contributed by atoms with Crippen molar-refractivity contribution in [1.29, 1.82) is 0 Å². The van der Waals surface area contributed by atoms with Gasteiger partial charge in [-0.1, -0.05) is 5.21 Å². The van der Waals surface area contributed by atoms with E-state index in [9.17, 15) is 4.79 Å². The molecule has 0 spiro atoms. The van der Waals surface area contributed by atoms with Gasteiger partial charge in [0.05, 0.1) is 12.8 Å². The van der Waals surface area contributed by atoms with E-state index in [1.807, 2.05) is 0 Å². The van der Waals surface area contributed by atoms with Gasteiger partial charge >= 0.3 is 5.97 Å². The average molecular weight is 157 g/mol. The summed E-state index contributed by atoms with van der Waals surface area (Å²) in [4.78, 5) is 10.1. The number of carbonyl (C=O) groups is 1. The van der Waals surface area contributed by atoms with Crippen LogP contribution in [0.3, 0.4) is 0 Å². The van der Waals surface area contributed by atoms with Gasteiger partial charge in [0.25, 0.3) is 0 Å². The number of aliphatic carboxylic acids is 1. The van der Waals surface area contributed by atoms with Crippen LogP contribution in [0, 0.1) is 0 Å². The van der Waals surface area contributed by atoms with Crippen LogP contribution in [0.2, 0.25) is 0 Å². The molecule has 0 fully saturated rings. The van der Waals surface area contributed by atoms with Crippen LogP contribution in [0.15, 0.2) is 6.20 Å². The number of hydrogen-bond donors (Lipinski definition) is 2. The third-order valence-corrected chi connectivity index (χ3v) is 1.05. The summed E-state index contributed by atoms with van der Waals surface area (Å²) in [6.07, 6.45) is 1.38. The molecule has 0 aliphatic heterocycles. The third-order valence-electron chi connectivity index (χ3n) is 1.05. The molecular formula is C5H7N3O3. The van der Waals surface area contributed by atoms with E-state index in [1.54, 1.807) is 0 Å². The molecule has 0 amide bonds. The Kier molecular flexibility index (Phi) is 2.17. The van der Waals surface area contributed by atoms with E-state index in [2.05, 4.69) is 10.3 Å². The lowest BCUT2D eigenvalue weighted by molar-refractivity contribution is -0.137. The fraction of sp³-hybridized carbons (Fsp3) is 0.400. The molecule has 6 heteroatoms. The van der Waals surface area contributed by atoms with Crippen LogP contribution in [0.5, 0.6) is 0 Å². The second-order valence-electron chi connectivity index (χ2n) is 1.96. The fourth-order valence-corrected chi connectivity index (χ4v) is 0.627. The average Bonchev–Trinajstić information content (AvgIpc) is 2.34. The minimum Gasteiger partial charge on any atom is -0.480 e. The topological polar surface area (TPSA) is 88.2 Å². The van der Waals surface area contributed by atoms with Crippen molar-refractivity contribution in [3.63, 3.8) is 0 Å². The van der Waals surface area contributed by atoms with Gasteiger partial charge in [-0.05, 0) is 0 Å². The summed E-state index contributed by atoms with van der Waals surface area (Å²) >= 11 is 0. The summed E-state index contributed by atoms with van der Waals surface area (Å²) in [5.41, 5.74) is 0.367. The van der Waals surface area contributed by atoms with Crippen LogP contribution in [-0.2, 0) is 17.9 Å². The Morgan fingerprint density at radius 3 is 2.91 bits per heavy atom. The lowest BCUT2D eigenvalue weighted by Crippen LogP contribution is -2.08. The zero-order valence-electron chi connectivity index (χ0n) is 5.64. The van der Waals surface area contributed by atoms with Gasteiger partial charge in [0.15, 0.2) is 0 Å². The molecule has 0 aliphatic carbocycles. The van der Waals surface area contributed by atoms with Crippen molar-refractivity contribution in [1.82, 2.24) is 15.0 Å². The van der Waals surface area contributed by atoms with Crippen molar-refractivity contribution >= 4 is 5.97 Å². The minimum absolute atomic E-state index is 0.223. The SMILES string of the molecule is O=C(O)Cn1cc(CO)nn1. The number of hydrogen-bond acceptors (Lipinski definition) is 4. The van der Waals surface area contributed by atoms with Crippen molar-refractivity contribution < 1.29 is 15.0 Å². The van der Waals surface area contributed by atoms with Crippen LogP contribution in [-0.4, -0.2) is 31.2 Å². The van der Waals surface area contributed by atoms with Gasteiger partial charge < -0.3 is 10.2 Å². The fourth-order valence-electron chi connectivity index (χ4n) is 0.627. The molecule has 6 nitrogen and oxygen atoms in total. The highest BCUT2D eigenvalue weighted by atomic mass is 16.4. The van der Waals surface area contributed by atoms with Crippen molar-refractivity contribution in [3.8, 4) is 0 Å². The third kappa shape index (κ3) is 2.01. The van der Waals surface area contributed by atoms with Crippen LogP contribution in [0.1, 0.15) is 5.69 Å². The van der Waals surface area contributed by atoms with E-state index in [-0.39, 0.29) is 13.2 Å². The number of aliphatic hydroxyl groups is 1. The molecule has 0 atom stereocenters. The van der Waals surface area contributed by atoms with Crippen molar-refractivity contribution in [2.75, 3.05) is 0 Å². The summed E-state index contributed by atoms with van der Waals surface area (Å²) in [5, 5.41) is 23.8. The van der Waals surface area contributed by atoms with Crippen LogP contribution in [0.25, 0.3) is 0 Å². The quantitative estimate of drug-likeness (QED) is 0.578. The zero-order chi connectivity index (χ0) is 8.27. The van der Waals surface area contributed by atoms with E-state index >= 15 is 0 Å². The highest BCUT2D eigenvalue weighted by Gasteiger charge is 2.01. The van der Waals surface area contributed by atoms with E-state index < -0.39 is 5.97 Å². The van der Waals surface area contributed by atoms with Crippen molar-refractivity contribution in [2.45, 2.75) is 13.2 Å². The van der Waals surface area contributed by atoms with Crippen molar-refractivity contribution in [3.05, 3.63) is 11.9 Å². The molecule has 2 N–H and O–H groups in total. The number of aliphatic hydroxyl groups excluding tert-OH is 1. The van der Waals surface area contributed by atoms with E-state index in [0.717, 1.165) is 4.68 Å². The standard InChI is InChI=1S/C5H7N3O3/c9-3-4-1-8(7-6-4)2-5(10)11/h1,9H,2-3H2,(H,10,11). The molecule has 1 heterocycles. The first-order valence-corrected chi connectivity index (χ1v) is 2.94. The maximum Gasteiger partial charge on any atom is 0.325 e. The Bertz CT molecular complexity index is 257. The first-order valence-electron chi connectivity index (χ1n) is 2.94. The molecule has 11 heavy (non-hydrogen) atoms. The Morgan fingerprint density at radius 1 is 1.73 bits per heavy atom. The molecule has 1 rings (SSSR count). The van der Waals surface area contributed by atoms with E-state index in [1.165, 1.54) is 6.20 Å². The predicted molar refractivity (Wildman–Crippen MR) is 33.6 cm³/mol. The summed E-state index contributed by atoms with van der Waals surface area (Å²) in [5.74, 6) is -0.987. The zero-order valence-corrected chi connectivity index (χ0v) is 5.64. The molecule has 0 saturated heterocycles. The van der Waals surface area contributed by atoms with Gasteiger partial charge in [-0.15, -0.1) is 5.10 Å². The Hall–Kier alpha value is -1.43. The van der Waals surface area contributed by atoms with Gasteiger partial charge in [-0.2, -0.15) is 0 Å². The van der Waals surface area contributed by atoms with E-state index in [0.29, 0.717) is 5.69 Å². The maximum absolute atomic E-state index is 10.1. The van der Waals surface area contributed by atoms with E-state index in [4.69, 9.17) is 10.2 Å². The Labute approximate surface area is 62.1 Å². The lowest BCUT2D eigenvalue weighted by atomic mass is 10.5. The Morgan fingerprint density at radius 2 is 2.45 bits per heavy atom. The smallest absolute Gasteiger partial charge is 0.325 e. The molecular weight excluding hydrogens is 150 g/mol. The molecule has 1 aromatic heterocycles. The second kappa shape index (κ2) is 3.11. The normalized spacial score (nSPS) is 9.91. The second-order valence-corrected chi connectivity index (χ2v) is 1.96. The molecule has 0 aromatic carbocycles.